The maximum absolute atomic E-state index is 13.7. The molecule has 2 heterocycles. The summed E-state index contributed by atoms with van der Waals surface area (Å²) in [5, 5.41) is 7.76. The first-order chi connectivity index (χ1) is 12.6. The first kappa shape index (κ1) is 16.1. The van der Waals surface area contributed by atoms with Crippen molar-refractivity contribution >= 4 is 11.8 Å². The molecule has 6 nitrogen and oxygen atoms in total. The van der Waals surface area contributed by atoms with Crippen LogP contribution in [-0.2, 0) is 6.42 Å². The fourth-order valence-electron chi connectivity index (χ4n) is 2.93. The summed E-state index contributed by atoms with van der Waals surface area (Å²) in [5.74, 6) is -0.571. The van der Waals surface area contributed by atoms with E-state index in [1.54, 1.807) is 42.5 Å². The third-order valence-electron chi connectivity index (χ3n) is 4.22. The van der Waals surface area contributed by atoms with Gasteiger partial charge in [-0.3, -0.25) is 14.5 Å². The van der Waals surface area contributed by atoms with Crippen molar-refractivity contribution in [3.05, 3.63) is 71.4 Å². The Morgan fingerprint density at radius 3 is 2.15 bits per heavy atom. The molecule has 0 fully saturated rings. The molecule has 7 heteroatoms. The van der Waals surface area contributed by atoms with Gasteiger partial charge in [-0.2, -0.15) is 0 Å². The van der Waals surface area contributed by atoms with Gasteiger partial charge < -0.3 is 4.42 Å². The molecule has 2 amide bonds. The van der Waals surface area contributed by atoms with Gasteiger partial charge in [-0.25, -0.2) is 4.39 Å². The molecule has 0 radical (unpaired) electrons. The van der Waals surface area contributed by atoms with Crippen molar-refractivity contribution in [2.45, 2.75) is 12.8 Å². The number of hydrogen-bond donors (Lipinski definition) is 0. The van der Waals surface area contributed by atoms with Gasteiger partial charge in [0.05, 0.1) is 16.7 Å². The van der Waals surface area contributed by atoms with Crippen molar-refractivity contribution in [1.82, 2.24) is 15.1 Å². The lowest BCUT2D eigenvalue weighted by molar-refractivity contribution is 0.0651. The Hall–Kier alpha value is -3.35. The summed E-state index contributed by atoms with van der Waals surface area (Å²) in [6, 6.07) is 12.9. The number of halogens is 1. The summed E-state index contributed by atoms with van der Waals surface area (Å²) in [6.07, 6.45) is 0.860. The lowest BCUT2D eigenvalue weighted by Gasteiger charge is -2.12. The van der Waals surface area contributed by atoms with E-state index in [0.717, 1.165) is 0 Å². The van der Waals surface area contributed by atoms with Crippen LogP contribution < -0.4 is 0 Å². The van der Waals surface area contributed by atoms with E-state index < -0.39 is 5.82 Å². The zero-order valence-corrected chi connectivity index (χ0v) is 13.7. The third kappa shape index (κ3) is 2.77. The predicted octanol–water partition coefficient (Wildman–Crippen LogP) is 3.10. The van der Waals surface area contributed by atoms with Gasteiger partial charge in [0.1, 0.15) is 5.82 Å². The maximum atomic E-state index is 13.7. The smallest absolute Gasteiger partial charge is 0.261 e. The second-order valence-corrected chi connectivity index (χ2v) is 5.89. The number of carbonyl (C=O) groups is 2. The number of carbonyl (C=O) groups excluding carboxylic acids is 2. The van der Waals surface area contributed by atoms with Gasteiger partial charge in [0.15, 0.2) is 0 Å². The van der Waals surface area contributed by atoms with Crippen LogP contribution in [0.1, 0.15) is 33.0 Å². The van der Waals surface area contributed by atoms with Crippen molar-refractivity contribution in [2.24, 2.45) is 0 Å². The van der Waals surface area contributed by atoms with Crippen LogP contribution in [0.2, 0.25) is 0 Å². The molecule has 1 aliphatic heterocycles. The van der Waals surface area contributed by atoms with Crippen LogP contribution in [0.3, 0.4) is 0 Å². The molecule has 2 aromatic carbocycles. The average Bonchev–Trinajstić information content (AvgIpc) is 3.21. The minimum absolute atomic E-state index is 0.110. The van der Waals surface area contributed by atoms with Gasteiger partial charge in [-0.05, 0) is 30.7 Å². The van der Waals surface area contributed by atoms with Gasteiger partial charge >= 0.3 is 0 Å². The molecule has 4 rings (SSSR count). The molecule has 0 atom stereocenters. The zero-order valence-electron chi connectivity index (χ0n) is 13.7. The fraction of sp³-hybridized carbons (Fsp3) is 0.158. The Balaban J connectivity index is 1.40. The minimum Gasteiger partial charge on any atom is -0.421 e. The number of nitrogens with zero attached hydrogens (tertiary/aromatic N) is 3. The number of rotatable bonds is 5. The predicted molar refractivity (Wildman–Crippen MR) is 89.8 cm³/mol. The van der Waals surface area contributed by atoms with Crippen LogP contribution in [-0.4, -0.2) is 33.5 Å². The minimum atomic E-state index is -0.436. The normalized spacial score (nSPS) is 13.3. The van der Waals surface area contributed by atoms with E-state index in [0.29, 0.717) is 29.9 Å². The highest BCUT2D eigenvalue weighted by molar-refractivity contribution is 6.21. The Kier molecular flexibility index (Phi) is 4.04. The summed E-state index contributed by atoms with van der Waals surface area (Å²) in [5.41, 5.74) is 1.10. The fourth-order valence-corrected chi connectivity index (χ4v) is 2.93. The molecule has 0 N–H and O–H groups in total. The largest absolute Gasteiger partial charge is 0.421 e. The highest BCUT2D eigenvalue weighted by Crippen LogP contribution is 2.24. The van der Waals surface area contributed by atoms with Crippen molar-refractivity contribution in [2.75, 3.05) is 6.54 Å². The summed E-state index contributed by atoms with van der Waals surface area (Å²) in [7, 11) is 0. The van der Waals surface area contributed by atoms with Crippen molar-refractivity contribution < 1.29 is 18.4 Å². The summed E-state index contributed by atoms with van der Waals surface area (Å²) >= 11 is 0. The first-order valence-electron chi connectivity index (χ1n) is 8.17. The topological polar surface area (TPSA) is 76.3 Å². The zero-order chi connectivity index (χ0) is 18.1. The number of imide groups is 1. The van der Waals surface area contributed by atoms with Crippen LogP contribution >= 0.6 is 0 Å². The molecule has 26 heavy (non-hydrogen) atoms. The summed E-state index contributed by atoms with van der Waals surface area (Å²) < 4.78 is 19.2. The van der Waals surface area contributed by atoms with Gasteiger partial charge in [0.25, 0.3) is 17.7 Å². The molecule has 130 valence electrons. The lowest BCUT2D eigenvalue weighted by Crippen LogP contribution is -2.30. The highest BCUT2D eigenvalue weighted by Gasteiger charge is 2.34. The van der Waals surface area contributed by atoms with Gasteiger partial charge in [0.2, 0.25) is 5.89 Å². The second-order valence-electron chi connectivity index (χ2n) is 5.89. The van der Waals surface area contributed by atoms with Gasteiger partial charge in [-0.15, -0.1) is 10.2 Å². The number of benzene rings is 2. The van der Waals surface area contributed by atoms with Crippen LogP contribution in [0, 0.1) is 5.82 Å². The summed E-state index contributed by atoms with van der Waals surface area (Å²) in [4.78, 5) is 25.8. The van der Waals surface area contributed by atoms with Crippen molar-refractivity contribution in [3.8, 4) is 11.5 Å². The van der Waals surface area contributed by atoms with Crippen molar-refractivity contribution in [3.63, 3.8) is 0 Å². The molecular weight excluding hydrogens is 337 g/mol. The quantitative estimate of drug-likeness (QED) is 0.660. The summed E-state index contributed by atoms with van der Waals surface area (Å²) in [6.45, 7) is 0.254. The molecule has 0 saturated heterocycles. The van der Waals surface area contributed by atoms with Gasteiger partial charge in [-0.1, -0.05) is 24.3 Å². The van der Waals surface area contributed by atoms with Crippen LogP contribution in [0.4, 0.5) is 4.39 Å². The molecule has 0 saturated carbocycles. The number of aromatic nitrogens is 2. The van der Waals surface area contributed by atoms with E-state index in [-0.39, 0.29) is 29.8 Å². The molecule has 1 aliphatic rings. The van der Waals surface area contributed by atoms with Crippen LogP contribution in [0.15, 0.2) is 52.9 Å². The Morgan fingerprint density at radius 2 is 1.50 bits per heavy atom. The Labute approximate surface area is 148 Å². The van der Waals surface area contributed by atoms with E-state index in [2.05, 4.69) is 10.2 Å². The van der Waals surface area contributed by atoms with E-state index in [9.17, 15) is 14.0 Å². The monoisotopic (exact) mass is 351 g/mol. The first-order valence-corrected chi connectivity index (χ1v) is 8.17. The standard InChI is InChI=1S/C19H14FN3O3/c20-15-9-4-3-8-14(15)17-22-21-16(26-17)10-5-11-23-18(24)12-6-1-2-7-13(12)19(23)25/h1-4,6-9H,5,10-11H2. The highest BCUT2D eigenvalue weighted by atomic mass is 19.1. The SMILES string of the molecule is O=C1c2ccccc2C(=O)N1CCCc1nnc(-c2ccccc2F)o1. The lowest BCUT2D eigenvalue weighted by atomic mass is 10.1. The molecule has 0 aliphatic carbocycles. The Morgan fingerprint density at radius 1 is 0.885 bits per heavy atom. The number of amides is 2. The van der Waals surface area contributed by atoms with E-state index in [1.807, 2.05) is 0 Å². The van der Waals surface area contributed by atoms with E-state index in [1.165, 1.54) is 11.0 Å². The molecule has 0 spiro atoms. The van der Waals surface area contributed by atoms with Crippen molar-refractivity contribution in [1.29, 1.82) is 0 Å². The molecular formula is C19H14FN3O3. The van der Waals surface area contributed by atoms with E-state index in [4.69, 9.17) is 4.42 Å². The molecule has 1 aromatic heterocycles. The van der Waals surface area contributed by atoms with Crippen LogP contribution in [0.5, 0.6) is 0 Å². The Bertz CT molecular complexity index is 964. The van der Waals surface area contributed by atoms with E-state index >= 15 is 0 Å². The third-order valence-corrected chi connectivity index (χ3v) is 4.22. The van der Waals surface area contributed by atoms with Crippen LogP contribution in [0.25, 0.3) is 11.5 Å². The van der Waals surface area contributed by atoms with Gasteiger partial charge in [0, 0.05) is 13.0 Å². The maximum Gasteiger partial charge on any atom is 0.261 e. The average molecular weight is 351 g/mol. The second kappa shape index (κ2) is 6.51. The molecule has 3 aromatic rings. The molecule has 0 bridgehead atoms. The number of fused-ring (bicyclic) bond motifs is 1. The number of aryl methyl sites for hydroxylation is 1. The molecule has 0 unspecified atom stereocenters. The number of hydrogen-bond acceptors (Lipinski definition) is 5.